The number of hydrogen-bond acceptors (Lipinski definition) is 6. The predicted molar refractivity (Wildman–Crippen MR) is 95.3 cm³/mol. The lowest BCUT2D eigenvalue weighted by Crippen LogP contribution is -2.17. The molecule has 0 aliphatic rings. The predicted octanol–water partition coefficient (Wildman–Crippen LogP) is 3.05. The van der Waals surface area contributed by atoms with Gasteiger partial charge in [-0.3, -0.25) is 14.6 Å². The quantitative estimate of drug-likeness (QED) is 0.734. The summed E-state index contributed by atoms with van der Waals surface area (Å²) in [5.41, 5.74) is 1.23. The average molecular weight is 354 g/mol. The highest BCUT2D eigenvalue weighted by atomic mass is 32.1. The highest BCUT2D eigenvalue weighted by Crippen LogP contribution is 2.24. The minimum absolute atomic E-state index is 0.176. The molecule has 0 unspecified atom stereocenters. The lowest BCUT2D eigenvalue weighted by atomic mass is 10.3. The molecule has 0 saturated heterocycles. The zero-order valence-corrected chi connectivity index (χ0v) is 14.0. The van der Waals surface area contributed by atoms with Crippen molar-refractivity contribution in [3.05, 3.63) is 64.9 Å². The zero-order valence-electron chi connectivity index (χ0n) is 13.2. The van der Waals surface area contributed by atoms with Gasteiger partial charge in [-0.05, 0) is 35.7 Å². The smallest absolute Gasteiger partial charge is 0.275 e. The fourth-order valence-corrected chi connectivity index (χ4v) is 2.79. The van der Waals surface area contributed by atoms with Crippen LogP contribution in [0.1, 0.15) is 20.2 Å². The average Bonchev–Trinajstić information content (AvgIpc) is 3.11. The van der Waals surface area contributed by atoms with Crippen LogP contribution in [-0.2, 0) is 0 Å². The van der Waals surface area contributed by atoms with Gasteiger partial charge < -0.3 is 15.4 Å². The molecule has 0 atom stereocenters. The Morgan fingerprint density at radius 1 is 1.04 bits per heavy atom. The van der Waals surface area contributed by atoms with E-state index in [9.17, 15) is 9.59 Å². The van der Waals surface area contributed by atoms with Crippen molar-refractivity contribution < 1.29 is 14.3 Å². The van der Waals surface area contributed by atoms with E-state index < -0.39 is 5.91 Å². The van der Waals surface area contributed by atoms with Crippen molar-refractivity contribution in [2.75, 3.05) is 17.7 Å². The topological polar surface area (TPSA) is 93.2 Å². The first-order chi connectivity index (χ1) is 12.2. The zero-order chi connectivity index (χ0) is 17.6. The van der Waals surface area contributed by atoms with Crippen molar-refractivity contribution >= 4 is 34.5 Å². The van der Waals surface area contributed by atoms with Crippen molar-refractivity contribution in [2.24, 2.45) is 0 Å². The Labute approximate surface area is 147 Å². The van der Waals surface area contributed by atoms with Crippen LogP contribution in [0.15, 0.2) is 54.3 Å². The summed E-state index contributed by atoms with van der Waals surface area (Å²) >= 11 is 1.23. The molecular weight excluding hydrogens is 340 g/mol. The first-order valence-corrected chi connectivity index (χ1v) is 8.15. The van der Waals surface area contributed by atoms with Gasteiger partial charge in [0, 0.05) is 18.1 Å². The number of nitrogens with one attached hydrogen (secondary N) is 2. The summed E-state index contributed by atoms with van der Waals surface area (Å²) in [6.45, 7) is 0. The van der Waals surface area contributed by atoms with Crippen molar-refractivity contribution in [1.82, 2.24) is 9.97 Å². The molecule has 1 aromatic carbocycles. The number of ether oxygens (including phenoxy) is 1. The molecule has 7 nitrogen and oxygen atoms in total. The number of carbonyl (C=O) groups is 2. The van der Waals surface area contributed by atoms with Crippen LogP contribution in [0.4, 0.5) is 11.4 Å². The molecule has 2 aromatic heterocycles. The van der Waals surface area contributed by atoms with Gasteiger partial charge in [-0.15, -0.1) is 11.3 Å². The molecule has 2 heterocycles. The van der Waals surface area contributed by atoms with Gasteiger partial charge >= 0.3 is 0 Å². The second-order valence-electron chi connectivity index (χ2n) is 4.89. The standard InChI is InChI=1S/C17H14N4O3S/c1-24-12-4-2-11(3-5-12)20-17(23)15-13(6-9-25-15)21-16(22)14-10-18-7-8-19-14/h2-10H,1H3,(H,20,23)(H,21,22). The number of hydrogen-bond donors (Lipinski definition) is 2. The molecule has 3 aromatic rings. The first-order valence-electron chi connectivity index (χ1n) is 7.27. The molecule has 0 saturated carbocycles. The SMILES string of the molecule is COc1ccc(NC(=O)c2sccc2NC(=O)c2cnccn2)cc1. The molecule has 0 spiro atoms. The van der Waals surface area contributed by atoms with Crippen LogP contribution >= 0.6 is 11.3 Å². The van der Waals surface area contributed by atoms with E-state index in [0.717, 1.165) is 0 Å². The van der Waals surface area contributed by atoms with Crippen LogP contribution < -0.4 is 15.4 Å². The third-order valence-corrected chi connectivity index (χ3v) is 4.18. The third kappa shape index (κ3) is 3.99. The molecule has 8 heteroatoms. The molecule has 126 valence electrons. The lowest BCUT2D eigenvalue weighted by molar-refractivity contribution is 0.102. The van der Waals surface area contributed by atoms with Gasteiger partial charge in [-0.1, -0.05) is 0 Å². The molecule has 0 radical (unpaired) electrons. The summed E-state index contributed by atoms with van der Waals surface area (Å²) in [5, 5.41) is 7.20. The number of anilines is 2. The number of amides is 2. The van der Waals surface area contributed by atoms with E-state index in [0.29, 0.717) is 22.0 Å². The first kappa shape index (κ1) is 16.6. The summed E-state index contributed by atoms with van der Waals surface area (Å²) in [7, 11) is 1.57. The fraction of sp³-hybridized carbons (Fsp3) is 0.0588. The van der Waals surface area contributed by atoms with E-state index in [-0.39, 0.29) is 11.6 Å². The molecule has 25 heavy (non-hydrogen) atoms. The minimum atomic E-state index is -0.426. The second-order valence-corrected chi connectivity index (χ2v) is 5.81. The van der Waals surface area contributed by atoms with Gasteiger partial charge in [-0.2, -0.15) is 0 Å². The summed E-state index contributed by atoms with van der Waals surface area (Å²) in [5.74, 6) is -0.0364. The monoisotopic (exact) mass is 354 g/mol. The molecule has 2 N–H and O–H groups in total. The van der Waals surface area contributed by atoms with Crippen molar-refractivity contribution in [1.29, 1.82) is 0 Å². The molecular formula is C17H14N4O3S. The van der Waals surface area contributed by atoms with E-state index in [1.165, 1.54) is 29.9 Å². The maximum absolute atomic E-state index is 12.5. The Kier molecular flexibility index (Phi) is 5.00. The van der Waals surface area contributed by atoms with Crippen LogP contribution in [0.3, 0.4) is 0 Å². The Morgan fingerprint density at radius 2 is 1.84 bits per heavy atom. The maximum Gasteiger partial charge on any atom is 0.275 e. The Bertz CT molecular complexity index is 878. The van der Waals surface area contributed by atoms with E-state index in [2.05, 4.69) is 20.6 Å². The molecule has 3 rings (SSSR count). The van der Waals surface area contributed by atoms with E-state index in [1.54, 1.807) is 42.8 Å². The summed E-state index contributed by atoms with van der Waals surface area (Å²) in [6, 6.07) is 8.65. The maximum atomic E-state index is 12.5. The number of rotatable bonds is 5. The fourth-order valence-electron chi connectivity index (χ4n) is 2.05. The number of benzene rings is 1. The molecule has 0 fully saturated rings. The van der Waals surface area contributed by atoms with Crippen molar-refractivity contribution in [3.63, 3.8) is 0 Å². The van der Waals surface area contributed by atoms with Crippen LogP contribution in [-0.4, -0.2) is 28.9 Å². The second kappa shape index (κ2) is 7.54. The number of methoxy groups -OCH3 is 1. The number of aromatic nitrogens is 2. The van der Waals surface area contributed by atoms with E-state index in [4.69, 9.17) is 4.74 Å². The van der Waals surface area contributed by atoms with E-state index >= 15 is 0 Å². The molecule has 0 bridgehead atoms. The van der Waals surface area contributed by atoms with Crippen molar-refractivity contribution in [2.45, 2.75) is 0 Å². The molecule has 0 aliphatic carbocycles. The third-order valence-electron chi connectivity index (χ3n) is 3.26. The van der Waals surface area contributed by atoms with Crippen LogP contribution in [0.25, 0.3) is 0 Å². The summed E-state index contributed by atoms with van der Waals surface area (Å²) < 4.78 is 5.08. The van der Waals surface area contributed by atoms with Gasteiger partial charge in [0.25, 0.3) is 11.8 Å². The van der Waals surface area contributed by atoms with E-state index in [1.807, 2.05) is 0 Å². The number of carbonyl (C=O) groups excluding carboxylic acids is 2. The van der Waals surface area contributed by atoms with Gasteiger partial charge in [0.1, 0.15) is 16.3 Å². The Morgan fingerprint density at radius 3 is 2.52 bits per heavy atom. The van der Waals surface area contributed by atoms with Crippen LogP contribution in [0, 0.1) is 0 Å². The van der Waals surface area contributed by atoms with Gasteiger partial charge in [-0.25, -0.2) is 4.98 Å². The molecule has 2 amide bonds. The highest BCUT2D eigenvalue weighted by molar-refractivity contribution is 7.12. The minimum Gasteiger partial charge on any atom is -0.497 e. The van der Waals surface area contributed by atoms with Gasteiger partial charge in [0.15, 0.2) is 0 Å². The largest absolute Gasteiger partial charge is 0.497 e. The lowest BCUT2D eigenvalue weighted by Gasteiger charge is -2.08. The van der Waals surface area contributed by atoms with Crippen LogP contribution in [0.5, 0.6) is 5.75 Å². The highest BCUT2D eigenvalue weighted by Gasteiger charge is 2.17. The van der Waals surface area contributed by atoms with Crippen molar-refractivity contribution in [3.8, 4) is 5.75 Å². The number of thiophene rings is 1. The van der Waals surface area contributed by atoms with Gasteiger partial charge in [0.05, 0.1) is 19.0 Å². The Hall–Kier alpha value is -3.26. The van der Waals surface area contributed by atoms with Gasteiger partial charge in [0.2, 0.25) is 0 Å². The van der Waals surface area contributed by atoms with Crippen LogP contribution in [0.2, 0.25) is 0 Å². The number of nitrogens with zero attached hydrogens (tertiary/aromatic N) is 2. The Balaban J connectivity index is 1.72. The summed E-state index contributed by atoms with van der Waals surface area (Å²) in [4.78, 5) is 32.8. The summed E-state index contributed by atoms with van der Waals surface area (Å²) in [6.07, 6.45) is 4.27. The molecule has 0 aliphatic heterocycles. The normalized spacial score (nSPS) is 10.1.